The van der Waals surface area contributed by atoms with E-state index < -0.39 is 41.2 Å². The first kappa shape index (κ1) is 28.6. The number of hydrogen-bond donors (Lipinski definition) is 0. The molecule has 5 rings (SSSR count). The molecule has 1 saturated heterocycles. The van der Waals surface area contributed by atoms with Gasteiger partial charge >= 0.3 is 6.18 Å². The number of alkyl halides is 3. The average Bonchev–Trinajstić information content (AvgIpc) is 2.94. The van der Waals surface area contributed by atoms with Crippen molar-refractivity contribution in [1.29, 1.82) is 5.26 Å². The van der Waals surface area contributed by atoms with Gasteiger partial charge in [-0.3, -0.25) is 19.3 Å². The van der Waals surface area contributed by atoms with E-state index in [0.717, 1.165) is 17.0 Å². The number of ketones is 1. The quantitative estimate of drug-likeness (QED) is 0.365. The summed E-state index contributed by atoms with van der Waals surface area (Å²) in [6.45, 7) is 3.17. The van der Waals surface area contributed by atoms with Crippen LogP contribution < -0.4 is 9.64 Å². The van der Waals surface area contributed by atoms with Crippen LogP contribution in [0.2, 0.25) is 0 Å². The fraction of sp³-hybridized carbons (Fsp3) is 0.250. The standard InChI is InChI=1S/C32H26F3N3O4/c1-19-27(20(2)39)28(22-13-11-21(16-36)12-14-22)29(30(40)37-17-26(18-37)42-25-9-4-3-5-10-25)31(41)38(19)24-8-6-7-23(15-24)32(33,34)35/h3-15,26,28-29H,17-18H2,1-2H3. The van der Waals surface area contributed by atoms with Gasteiger partial charge in [-0.15, -0.1) is 0 Å². The molecule has 0 saturated carbocycles. The summed E-state index contributed by atoms with van der Waals surface area (Å²) in [5.74, 6) is -3.56. The summed E-state index contributed by atoms with van der Waals surface area (Å²) in [7, 11) is 0. The highest BCUT2D eigenvalue weighted by Gasteiger charge is 2.50. The van der Waals surface area contributed by atoms with E-state index in [1.807, 2.05) is 24.3 Å². The van der Waals surface area contributed by atoms with E-state index in [-0.39, 0.29) is 36.2 Å². The average molecular weight is 574 g/mol. The van der Waals surface area contributed by atoms with Crippen molar-refractivity contribution in [2.24, 2.45) is 5.92 Å². The summed E-state index contributed by atoms with van der Waals surface area (Å²) in [5.41, 5.74) is 0.0169. The van der Waals surface area contributed by atoms with Crippen molar-refractivity contribution in [2.45, 2.75) is 32.0 Å². The fourth-order valence-electron chi connectivity index (χ4n) is 5.53. The number of ether oxygens (including phenoxy) is 1. The zero-order chi connectivity index (χ0) is 30.2. The molecule has 0 aliphatic carbocycles. The second kappa shape index (κ2) is 11.2. The van der Waals surface area contributed by atoms with Gasteiger partial charge in [0.1, 0.15) is 17.8 Å². The van der Waals surface area contributed by atoms with Crippen LogP contribution in [-0.4, -0.2) is 41.7 Å². The summed E-state index contributed by atoms with van der Waals surface area (Å²) >= 11 is 0. The molecular weight excluding hydrogens is 547 g/mol. The van der Waals surface area contributed by atoms with Crippen LogP contribution in [0, 0.1) is 17.2 Å². The third-order valence-electron chi connectivity index (χ3n) is 7.54. The number of benzene rings is 3. The van der Waals surface area contributed by atoms with Gasteiger partial charge in [0, 0.05) is 22.9 Å². The number of nitrogens with zero attached hydrogens (tertiary/aromatic N) is 3. The van der Waals surface area contributed by atoms with Gasteiger partial charge < -0.3 is 9.64 Å². The molecular formula is C32H26F3N3O4. The van der Waals surface area contributed by atoms with Crippen LogP contribution in [0.4, 0.5) is 18.9 Å². The number of hydrogen-bond acceptors (Lipinski definition) is 5. The normalized spacial score (nSPS) is 19.3. The fourth-order valence-corrected chi connectivity index (χ4v) is 5.53. The lowest BCUT2D eigenvalue weighted by Crippen LogP contribution is -2.61. The van der Waals surface area contributed by atoms with Crippen molar-refractivity contribution < 1.29 is 32.3 Å². The van der Waals surface area contributed by atoms with Crippen molar-refractivity contribution in [3.05, 3.63) is 107 Å². The molecule has 3 aromatic rings. The van der Waals surface area contributed by atoms with Gasteiger partial charge in [0.15, 0.2) is 5.78 Å². The smallest absolute Gasteiger partial charge is 0.416 e. The highest BCUT2D eigenvalue weighted by Crippen LogP contribution is 2.44. The molecule has 1 fully saturated rings. The molecule has 2 aliphatic heterocycles. The van der Waals surface area contributed by atoms with Crippen LogP contribution in [0.15, 0.2) is 90.1 Å². The number of anilines is 1. The highest BCUT2D eigenvalue weighted by atomic mass is 19.4. The number of amides is 2. The summed E-state index contributed by atoms with van der Waals surface area (Å²) in [4.78, 5) is 43.8. The Hall–Kier alpha value is -4.91. The number of nitriles is 1. The Morgan fingerprint density at radius 1 is 0.976 bits per heavy atom. The second-order valence-electron chi connectivity index (χ2n) is 10.3. The first-order valence-corrected chi connectivity index (χ1v) is 13.2. The maximum Gasteiger partial charge on any atom is 0.416 e. The number of para-hydroxylation sites is 1. The highest BCUT2D eigenvalue weighted by molar-refractivity contribution is 6.15. The van der Waals surface area contributed by atoms with Crippen molar-refractivity contribution in [1.82, 2.24) is 4.90 Å². The van der Waals surface area contributed by atoms with Gasteiger partial charge in [-0.2, -0.15) is 18.4 Å². The van der Waals surface area contributed by atoms with E-state index in [1.54, 1.807) is 24.3 Å². The Bertz CT molecular complexity index is 1600. The van der Waals surface area contributed by atoms with Crippen LogP contribution in [0.1, 0.15) is 36.5 Å². The predicted molar refractivity (Wildman–Crippen MR) is 147 cm³/mol. The number of allylic oxidation sites excluding steroid dienone is 2. The lowest BCUT2D eigenvalue weighted by Gasteiger charge is -2.45. The van der Waals surface area contributed by atoms with Crippen molar-refractivity contribution in [3.63, 3.8) is 0 Å². The van der Waals surface area contributed by atoms with Gasteiger partial charge in [-0.25, -0.2) is 0 Å². The van der Waals surface area contributed by atoms with Crippen LogP contribution in [0.3, 0.4) is 0 Å². The van der Waals surface area contributed by atoms with Crippen molar-refractivity contribution in [2.75, 3.05) is 18.0 Å². The molecule has 0 aromatic heterocycles. The minimum atomic E-state index is -4.67. The minimum Gasteiger partial charge on any atom is -0.487 e. The van der Waals surface area contributed by atoms with E-state index >= 15 is 0 Å². The first-order valence-electron chi connectivity index (χ1n) is 13.2. The molecule has 2 heterocycles. The van der Waals surface area contributed by atoms with E-state index in [0.29, 0.717) is 16.9 Å². The molecule has 7 nitrogen and oxygen atoms in total. The molecule has 0 spiro atoms. The van der Waals surface area contributed by atoms with Crippen LogP contribution in [-0.2, 0) is 20.6 Å². The Kier molecular flexibility index (Phi) is 7.61. The molecule has 2 amide bonds. The number of carbonyl (C=O) groups is 3. The third-order valence-corrected chi connectivity index (χ3v) is 7.54. The van der Waals surface area contributed by atoms with E-state index in [1.165, 1.54) is 43.0 Å². The Morgan fingerprint density at radius 3 is 2.24 bits per heavy atom. The minimum absolute atomic E-state index is 0.101. The summed E-state index contributed by atoms with van der Waals surface area (Å²) in [6, 6.07) is 21.5. The Morgan fingerprint density at radius 2 is 1.64 bits per heavy atom. The lowest BCUT2D eigenvalue weighted by molar-refractivity contribution is -0.149. The molecule has 0 radical (unpaired) electrons. The number of halogens is 3. The summed E-state index contributed by atoms with van der Waals surface area (Å²) < 4.78 is 46.6. The van der Waals surface area contributed by atoms with Gasteiger partial charge in [0.05, 0.1) is 30.3 Å². The SMILES string of the molecule is CC(=O)C1=C(C)N(c2cccc(C(F)(F)F)c2)C(=O)C(C(=O)N2CC(Oc3ccccc3)C2)C1c1ccc(C#N)cc1. The first-order chi connectivity index (χ1) is 20.0. The van der Waals surface area contributed by atoms with E-state index in [2.05, 4.69) is 0 Å². The van der Waals surface area contributed by atoms with Crippen molar-refractivity contribution >= 4 is 23.3 Å². The van der Waals surface area contributed by atoms with E-state index in [9.17, 15) is 32.8 Å². The third kappa shape index (κ3) is 5.38. The molecule has 214 valence electrons. The van der Waals surface area contributed by atoms with Gasteiger partial charge in [-0.1, -0.05) is 36.4 Å². The topological polar surface area (TPSA) is 90.7 Å². The molecule has 42 heavy (non-hydrogen) atoms. The second-order valence-corrected chi connectivity index (χ2v) is 10.3. The maximum absolute atomic E-state index is 14.2. The monoisotopic (exact) mass is 573 g/mol. The zero-order valence-electron chi connectivity index (χ0n) is 22.8. The maximum atomic E-state index is 14.2. The molecule has 2 atom stereocenters. The number of carbonyl (C=O) groups excluding carboxylic acids is 3. The van der Waals surface area contributed by atoms with E-state index in [4.69, 9.17) is 4.74 Å². The van der Waals surface area contributed by atoms with Crippen LogP contribution in [0.5, 0.6) is 5.75 Å². The van der Waals surface area contributed by atoms with Crippen molar-refractivity contribution in [3.8, 4) is 11.8 Å². The molecule has 3 aromatic carbocycles. The lowest BCUT2D eigenvalue weighted by atomic mass is 9.73. The summed E-state index contributed by atoms with van der Waals surface area (Å²) in [6.07, 6.45) is -4.98. The Labute approximate surface area is 240 Å². The molecule has 10 heteroatoms. The Balaban J connectivity index is 1.56. The zero-order valence-corrected chi connectivity index (χ0v) is 22.8. The molecule has 0 bridgehead atoms. The molecule has 2 aliphatic rings. The van der Waals surface area contributed by atoms with Gasteiger partial charge in [0.25, 0.3) is 0 Å². The molecule has 0 N–H and O–H groups in total. The number of Topliss-reactive ketones (excluding diaryl/α,β-unsaturated/α-hetero) is 1. The van der Waals surface area contributed by atoms with Crippen LogP contribution >= 0.6 is 0 Å². The van der Waals surface area contributed by atoms with Crippen LogP contribution in [0.25, 0.3) is 0 Å². The molecule has 2 unspecified atom stereocenters. The number of likely N-dealkylation sites (tertiary alicyclic amines) is 1. The number of rotatable bonds is 6. The predicted octanol–water partition coefficient (Wildman–Crippen LogP) is 5.48. The summed E-state index contributed by atoms with van der Waals surface area (Å²) in [5, 5.41) is 9.26. The van der Waals surface area contributed by atoms with Gasteiger partial charge in [0.2, 0.25) is 11.8 Å². The largest absolute Gasteiger partial charge is 0.487 e. The van der Waals surface area contributed by atoms with Gasteiger partial charge in [-0.05, 0) is 61.9 Å².